The third kappa shape index (κ3) is 6.46. The van der Waals surface area contributed by atoms with Crippen molar-refractivity contribution in [3.05, 3.63) is 77.1 Å². The molecule has 3 rings (SSSR count). The van der Waals surface area contributed by atoms with E-state index in [1.165, 1.54) is 31.7 Å². The number of pyridine rings is 1. The molecule has 0 aliphatic rings. The van der Waals surface area contributed by atoms with Gasteiger partial charge in [0.2, 0.25) is 0 Å². The lowest BCUT2D eigenvalue weighted by Crippen LogP contribution is -2.39. The molecule has 172 valence electrons. The average Bonchev–Trinajstić information content (AvgIpc) is 2.79. The minimum Gasteiger partial charge on any atom is -0.505 e. The van der Waals surface area contributed by atoms with Gasteiger partial charge >= 0.3 is 5.97 Å². The van der Waals surface area contributed by atoms with E-state index in [1.54, 1.807) is 0 Å². The molecule has 0 aliphatic heterocycles. The number of benzene rings is 2. The second-order valence-corrected chi connectivity index (χ2v) is 8.78. The number of amides is 1. The molecule has 4 N–H and O–H groups in total. The Hall–Kier alpha value is -3.58. The zero-order valence-corrected chi connectivity index (χ0v) is 19.2. The monoisotopic (exact) mass is 467 g/mol. The van der Waals surface area contributed by atoms with Gasteiger partial charge in [0.1, 0.15) is 5.75 Å². The van der Waals surface area contributed by atoms with Crippen molar-refractivity contribution >= 4 is 29.2 Å². The predicted molar refractivity (Wildman–Crippen MR) is 129 cm³/mol. The molecule has 1 aromatic heterocycles. The number of rotatable bonds is 9. The molecule has 0 fully saturated rings. The minimum absolute atomic E-state index is 0.0895. The largest absolute Gasteiger partial charge is 0.505 e. The smallest absolute Gasteiger partial charge is 0.310 e. The summed E-state index contributed by atoms with van der Waals surface area (Å²) in [6.45, 7) is 3.65. The van der Waals surface area contributed by atoms with E-state index >= 15 is 0 Å². The Bertz CT molecular complexity index is 1150. The number of carbonyl (C=O) groups is 2. The molecule has 0 unspecified atom stereocenters. The molecule has 0 aliphatic carbocycles. The number of nitrogens with zero attached hydrogens (tertiary/aromatic N) is 1. The molecule has 0 spiro atoms. The Morgan fingerprint density at radius 3 is 2.45 bits per heavy atom. The molecule has 0 radical (unpaired) electrons. The van der Waals surface area contributed by atoms with Crippen molar-refractivity contribution in [1.29, 1.82) is 0 Å². The normalized spacial score (nSPS) is 11.1. The highest BCUT2D eigenvalue weighted by Crippen LogP contribution is 2.27. The van der Waals surface area contributed by atoms with E-state index in [1.807, 2.05) is 48.5 Å². The van der Waals surface area contributed by atoms with E-state index in [0.29, 0.717) is 10.6 Å². The highest BCUT2D eigenvalue weighted by atomic mass is 35.5. The maximum absolute atomic E-state index is 12.3. The topological polar surface area (TPSA) is 112 Å². The van der Waals surface area contributed by atoms with E-state index < -0.39 is 17.3 Å². The summed E-state index contributed by atoms with van der Waals surface area (Å²) in [5.74, 6) is -1.94. The first-order valence-corrected chi connectivity index (χ1v) is 10.8. The van der Waals surface area contributed by atoms with Gasteiger partial charge in [-0.15, -0.1) is 0 Å². The van der Waals surface area contributed by atoms with E-state index in [-0.39, 0.29) is 18.0 Å². The Balaban J connectivity index is 1.65. The third-order valence-corrected chi connectivity index (χ3v) is 5.46. The van der Waals surface area contributed by atoms with Gasteiger partial charge in [0.05, 0.1) is 5.41 Å². The van der Waals surface area contributed by atoms with Crippen molar-refractivity contribution < 1.29 is 19.8 Å². The fourth-order valence-corrected chi connectivity index (χ4v) is 3.18. The summed E-state index contributed by atoms with van der Waals surface area (Å²) in [5, 5.41) is 26.1. The van der Waals surface area contributed by atoms with E-state index in [0.717, 1.165) is 24.2 Å². The van der Waals surface area contributed by atoms with Gasteiger partial charge in [-0.05, 0) is 61.7 Å². The lowest BCUT2D eigenvalue weighted by Gasteiger charge is -2.19. The molecule has 0 saturated heterocycles. The van der Waals surface area contributed by atoms with Gasteiger partial charge in [-0.25, -0.2) is 4.98 Å². The molecular formula is C25H26ClN3O4. The summed E-state index contributed by atoms with van der Waals surface area (Å²) in [6.07, 6.45) is 2.34. The van der Waals surface area contributed by atoms with Crippen LogP contribution in [0.4, 0.5) is 5.69 Å². The van der Waals surface area contributed by atoms with Crippen LogP contribution >= 0.6 is 11.6 Å². The summed E-state index contributed by atoms with van der Waals surface area (Å²) in [4.78, 5) is 27.6. The number of aliphatic carboxylic acids is 1. The summed E-state index contributed by atoms with van der Waals surface area (Å²) >= 11 is 5.92. The lowest BCUT2D eigenvalue weighted by atomic mass is 9.94. The van der Waals surface area contributed by atoms with Crippen LogP contribution < -0.4 is 10.6 Å². The van der Waals surface area contributed by atoms with Crippen molar-refractivity contribution in [3.63, 3.8) is 0 Å². The Labute approximate surface area is 197 Å². The number of aromatic nitrogens is 1. The summed E-state index contributed by atoms with van der Waals surface area (Å²) in [5.41, 5.74) is 2.28. The number of halogens is 1. The first kappa shape index (κ1) is 24.1. The molecule has 0 saturated carbocycles. The van der Waals surface area contributed by atoms with Gasteiger partial charge in [0, 0.05) is 35.6 Å². The molecule has 33 heavy (non-hydrogen) atoms. The number of anilines is 1. The van der Waals surface area contributed by atoms with Crippen LogP contribution in [0.2, 0.25) is 5.02 Å². The summed E-state index contributed by atoms with van der Waals surface area (Å²) < 4.78 is 0. The van der Waals surface area contributed by atoms with Crippen molar-refractivity contribution in [2.45, 2.75) is 20.3 Å². The van der Waals surface area contributed by atoms with E-state index in [9.17, 15) is 14.7 Å². The van der Waals surface area contributed by atoms with Gasteiger partial charge < -0.3 is 20.8 Å². The number of carboxylic acid groups (broad SMARTS) is 1. The zero-order chi connectivity index (χ0) is 24.0. The van der Waals surface area contributed by atoms with Crippen LogP contribution in [0.5, 0.6) is 5.75 Å². The van der Waals surface area contributed by atoms with Crippen molar-refractivity contribution in [2.24, 2.45) is 5.41 Å². The molecule has 3 aromatic rings. The number of carbonyl (C=O) groups excluding carboxylic acids is 1. The SMILES string of the molecule is CC(C)(CNC(=O)c1ncc(-c2cccc(NCCc3ccc(Cl)cc3)c2)cc1O)C(=O)O. The molecule has 0 atom stereocenters. The molecule has 8 heteroatoms. The maximum atomic E-state index is 12.3. The second-order valence-electron chi connectivity index (χ2n) is 8.35. The molecule has 0 bridgehead atoms. The highest BCUT2D eigenvalue weighted by Gasteiger charge is 2.28. The second kappa shape index (κ2) is 10.4. The number of carboxylic acids is 1. The van der Waals surface area contributed by atoms with Crippen LogP contribution in [0, 0.1) is 5.41 Å². The average molecular weight is 468 g/mol. The zero-order valence-electron chi connectivity index (χ0n) is 18.4. The quantitative estimate of drug-likeness (QED) is 0.366. The van der Waals surface area contributed by atoms with Gasteiger partial charge in [-0.1, -0.05) is 35.9 Å². The van der Waals surface area contributed by atoms with Crippen molar-refractivity contribution in [2.75, 3.05) is 18.4 Å². The van der Waals surface area contributed by atoms with Crippen LogP contribution in [0.15, 0.2) is 60.8 Å². The molecule has 1 heterocycles. The van der Waals surface area contributed by atoms with Crippen LogP contribution in [-0.2, 0) is 11.2 Å². The molecule has 2 aromatic carbocycles. The Kier molecular flexibility index (Phi) is 7.55. The highest BCUT2D eigenvalue weighted by molar-refractivity contribution is 6.30. The van der Waals surface area contributed by atoms with Crippen molar-refractivity contribution in [3.8, 4) is 16.9 Å². The Morgan fingerprint density at radius 1 is 1.06 bits per heavy atom. The maximum Gasteiger partial charge on any atom is 0.310 e. The number of hydrogen-bond acceptors (Lipinski definition) is 5. The fourth-order valence-electron chi connectivity index (χ4n) is 3.06. The number of aromatic hydroxyl groups is 1. The first-order valence-electron chi connectivity index (χ1n) is 10.4. The first-order chi connectivity index (χ1) is 15.7. The van der Waals surface area contributed by atoms with Gasteiger partial charge in [-0.3, -0.25) is 9.59 Å². The summed E-state index contributed by atoms with van der Waals surface area (Å²) in [7, 11) is 0. The van der Waals surface area contributed by atoms with Crippen LogP contribution in [0.3, 0.4) is 0 Å². The molecular weight excluding hydrogens is 442 g/mol. The molecule has 7 nitrogen and oxygen atoms in total. The van der Waals surface area contributed by atoms with E-state index in [2.05, 4.69) is 15.6 Å². The third-order valence-electron chi connectivity index (χ3n) is 5.20. The summed E-state index contributed by atoms with van der Waals surface area (Å²) in [6, 6.07) is 16.9. The van der Waals surface area contributed by atoms with Crippen LogP contribution in [-0.4, -0.2) is 40.2 Å². The lowest BCUT2D eigenvalue weighted by molar-refractivity contribution is -0.146. The number of nitrogens with one attached hydrogen (secondary N) is 2. The molecule has 1 amide bonds. The van der Waals surface area contributed by atoms with Gasteiger partial charge in [-0.2, -0.15) is 0 Å². The van der Waals surface area contributed by atoms with Crippen molar-refractivity contribution in [1.82, 2.24) is 10.3 Å². The minimum atomic E-state index is -1.13. The fraction of sp³-hybridized carbons (Fsp3) is 0.240. The van der Waals surface area contributed by atoms with Crippen LogP contribution in [0.25, 0.3) is 11.1 Å². The van der Waals surface area contributed by atoms with Gasteiger partial charge in [0.25, 0.3) is 5.91 Å². The standard InChI is InChI=1S/C25H26ClN3O4/c1-25(2,24(32)33)15-29-23(31)22-21(30)13-18(14-28-22)17-4-3-5-20(12-17)27-11-10-16-6-8-19(26)9-7-16/h3-9,12-14,27,30H,10-11,15H2,1-2H3,(H,29,31)(H,32,33). The number of hydrogen-bond donors (Lipinski definition) is 4. The van der Waals surface area contributed by atoms with E-state index in [4.69, 9.17) is 16.7 Å². The Morgan fingerprint density at radius 2 is 1.79 bits per heavy atom. The van der Waals surface area contributed by atoms with Crippen LogP contribution in [0.1, 0.15) is 29.9 Å². The van der Waals surface area contributed by atoms with Gasteiger partial charge in [0.15, 0.2) is 5.69 Å². The predicted octanol–water partition coefficient (Wildman–Crippen LogP) is 4.60.